The lowest BCUT2D eigenvalue weighted by Gasteiger charge is -2.38. The Morgan fingerprint density at radius 1 is 1.44 bits per heavy atom. The molecule has 0 aromatic rings. The van der Waals surface area contributed by atoms with Gasteiger partial charge in [-0.15, -0.1) is 0 Å². The molecule has 0 amide bonds. The van der Waals surface area contributed by atoms with Crippen LogP contribution in [0.4, 0.5) is 0 Å². The summed E-state index contributed by atoms with van der Waals surface area (Å²) in [6.07, 6.45) is -14.1. The van der Waals surface area contributed by atoms with E-state index in [4.69, 9.17) is 14.7 Å². The molecule has 1 fully saturated rings. The molecular formula is C9H16O7. The molecule has 0 aromatic carbocycles. The van der Waals surface area contributed by atoms with Crippen LogP contribution in [0.1, 0.15) is 22.8 Å². The molecule has 7 nitrogen and oxygen atoms in total. The van der Waals surface area contributed by atoms with Crippen LogP contribution >= 0.6 is 0 Å². The second-order valence-corrected chi connectivity index (χ2v) is 3.08. The van der Waals surface area contributed by atoms with Crippen molar-refractivity contribution < 1.29 is 44.3 Å². The van der Waals surface area contributed by atoms with Gasteiger partial charge in [-0.05, 0) is 6.37 Å². The monoisotopic (exact) mass is 243 g/mol. The molecular weight excluding hydrogens is 220 g/mol. The molecule has 1 saturated heterocycles. The van der Waals surface area contributed by atoms with Gasteiger partial charge in [0.05, 0.1) is 2.74 Å². The summed E-state index contributed by atoms with van der Waals surface area (Å²) in [4.78, 5) is 10.9. The van der Waals surface area contributed by atoms with E-state index in [1.165, 1.54) is 0 Å². The summed E-state index contributed by atoms with van der Waals surface area (Å²) in [5.74, 6) is -1.75. The summed E-state index contributed by atoms with van der Waals surface area (Å²) in [6.45, 7) is -6.98. The van der Waals surface area contributed by atoms with Gasteiger partial charge in [0, 0.05) is 13.4 Å². The zero-order chi connectivity index (χ0) is 18.4. The van der Waals surface area contributed by atoms with Gasteiger partial charge in [0.1, 0.15) is 18.3 Å². The number of carboxylic acid groups (broad SMARTS) is 1. The summed E-state index contributed by atoms with van der Waals surface area (Å²) in [7, 11) is 0. The Balaban J connectivity index is 3.04. The molecule has 0 radical (unpaired) electrons. The molecule has 1 heterocycles. The Morgan fingerprint density at radius 3 is 2.69 bits per heavy atom. The SMILES string of the molecule is [2H]C([2H])([2H])C([2H])([2H])C([2H])([2H])O[C@@H]1O[C@H](C(=O)O)[C@@H](O)[C@H](O)[C@H]1O. The highest BCUT2D eigenvalue weighted by molar-refractivity contribution is 5.73. The number of carboxylic acids is 1. The summed E-state index contributed by atoms with van der Waals surface area (Å²) in [5, 5.41) is 37.5. The highest BCUT2D eigenvalue weighted by Crippen LogP contribution is 2.22. The minimum absolute atomic E-state index is 1.75. The zero-order valence-electron chi connectivity index (χ0n) is 14.9. The Kier molecular flexibility index (Phi) is 2.18. The summed E-state index contributed by atoms with van der Waals surface area (Å²) in [6, 6.07) is 0. The van der Waals surface area contributed by atoms with Crippen molar-refractivity contribution in [2.24, 2.45) is 0 Å². The fraction of sp³-hybridized carbons (Fsp3) is 0.889. The fourth-order valence-electron chi connectivity index (χ4n) is 1.24. The van der Waals surface area contributed by atoms with E-state index >= 15 is 0 Å². The minimum atomic E-state index is -3.54. The second-order valence-electron chi connectivity index (χ2n) is 3.08. The third-order valence-corrected chi connectivity index (χ3v) is 2.04. The maximum absolute atomic E-state index is 10.9. The highest BCUT2D eigenvalue weighted by Gasteiger charge is 2.47. The number of aliphatic hydroxyl groups excluding tert-OH is 3. The number of rotatable bonds is 4. The van der Waals surface area contributed by atoms with E-state index in [1.807, 2.05) is 0 Å². The van der Waals surface area contributed by atoms with Crippen molar-refractivity contribution in [2.75, 3.05) is 6.56 Å². The van der Waals surface area contributed by atoms with Crippen LogP contribution in [0.2, 0.25) is 0 Å². The summed E-state index contributed by atoms with van der Waals surface area (Å²) < 4.78 is 59.6. The largest absolute Gasteiger partial charge is 0.479 e. The summed E-state index contributed by atoms with van der Waals surface area (Å²) >= 11 is 0. The lowest BCUT2D eigenvalue weighted by atomic mass is 9.99. The average Bonchev–Trinajstić information content (AvgIpc) is 2.37. The van der Waals surface area contributed by atoms with E-state index in [0.717, 1.165) is 0 Å². The third-order valence-electron chi connectivity index (χ3n) is 2.04. The lowest BCUT2D eigenvalue weighted by molar-refractivity contribution is -0.293. The number of ether oxygens (including phenoxy) is 2. The van der Waals surface area contributed by atoms with Crippen LogP contribution in [0.3, 0.4) is 0 Å². The third kappa shape index (κ3) is 2.69. The Labute approximate surface area is 102 Å². The van der Waals surface area contributed by atoms with Crippen molar-refractivity contribution in [3.8, 4) is 0 Å². The van der Waals surface area contributed by atoms with Gasteiger partial charge >= 0.3 is 5.97 Å². The molecule has 5 atom stereocenters. The smallest absolute Gasteiger partial charge is 0.335 e. The molecule has 0 aliphatic carbocycles. The first-order valence-electron chi connectivity index (χ1n) is 7.74. The van der Waals surface area contributed by atoms with Gasteiger partial charge in [0.25, 0.3) is 0 Å². The van der Waals surface area contributed by atoms with Crippen LogP contribution < -0.4 is 0 Å². The number of aliphatic carboxylic acids is 1. The molecule has 0 unspecified atom stereocenters. The van der Waals surface area contributed by atoms with Crippen LogP contribution in [0.25, 0.3) is 0 Å². The van der Waals surface area contributed by atoms with Gasteiger partial charge in [-0.1, -0.05) is 6.85 Å². The number of aliphatic hydroxyl groups is 3. The van der Waals surface area contributed by atoms with Crippen LogP contribution in [-0.4, -0.2) is 63.7 Å². The standard InChI is InChI=1S/C9H16O7/c1-2-3-15-9-6(12)4(10)5(11)7(16-9)8(13)14/h4-7,9-12H,2-3H2,1H3,(H,13,14)/t4-,5-,6+,7-,9+/m0/s1/i1D3,2D2,3D2. The maximum atomic E-state index is 10.9. The topological polar surface area (TPSA) is 116 Å². The van der Waals surface area contributed by atoms with Crippen molar-refractivity contribution in [2.45, 2.75) is 43.9 Å². The molecule has 0 bridgehead atoms. The van der Waals surface area contributed by atoms with Gasteiger partial charge in [0.15, 0.2) is 12.4 Å². The van der Waals surface area contributed by atoms with Crippen LogP contribution in [0.5, 0.6) is 0 Å². The van der Waals surface area contributed by atoms with E-state index in [0.29, 0.717) is 0 Å². The van der Waals surface area contributed by atoms with Gasteiger partial charge in [-0.3, -0.25) is 0 Å². The lowest BCUT2D eigenvalue weighted by Crippen LogP contribution is -2.60. The predicted octanol–water partition coefficient (Wildman–Crippen LogP) is -1.69. The van der Waals surface area contributed by atoms with E-state index in [-0.39, 0.29) is 0 Å². The van der Waals surface area contributed by atoms with Crippen LogP contribution in [0.15, 0.2) is 0 Å². The maximum Gasteiger partial charge on any atom is 0.335 e. The number of hydrogen-bond acceptors (Lipinski definition) is 6. The quantitative estimate of drug-likeness (QED) is 0.465. The van der Waals surface area contributed by atoms with Crippen molar-refractivity contribution in [1.82, 2.24) is 0 Å². The highest BCUT2D eigenvalue weighted by atomic mass is 16.7. The van der Waals surface area contributed by atoms with Gasteiger partial charge in [0.2, 0.25) is 0 Å². The van der Waals surface area contributed by atoms with E-state index in [9.17, 15) is 20.1 Å². The molecule has 1 aliphatic rings. The van der Waals surface area contributed by atoms with Crippen molar-refractivity contribution in [3.63, 3.8) is 0 Å². The molecule has 4 N–H and O–H groups in total. The van der Waals surface area contributed by atoms with Gasteiger partial charge < -0.3 is 29.9 Å². The predicted molar refractivity (Wildman–Crippen MR) is 50.6 cm³/mol. The molecule has 7 heteroatoms. The summed E-state index contributed by atoms with van der Waals surface area (Å²) in [5.41, 5.74) is 0. The van der Waals surface area contributed by atoms with Gasteiger partial charge in [-0.25, -0.2) is 4.79 Å². The Morgan fingerprint density at radius 2 is 2.12 bits per heavy atom. The van der Waals surface area contributed by atoms with Crippen LogP contribution in [-0.2, 0) is 14.3 Å². The Hall–Kier alpha value is -0.730. The van der Waals surface area contributed by atoms with Crippen LogP contribution in [0, 0.1) is 0 Å². The van der Waals surface area contributed by atoms with Gasteiger partial charge in [-0.2, -0.15) is 0 Å². The van der Waals surface area contributed by atoms with E-state index < -0.39 is 56.5 Å². The molecule has 1 rings (SSSR count). The molecule has 0 saturated carbocycles. The van der Waals surface area contributed by atoms with Crippen molar-refractivity contribution in [3.05, 3.63) is 0 Å². The molecule has 1 aliphatic heterocycles. The average molecular weight is 243 g/mol. The number of carbonyl (C=O) groups is 1. The Bertz CT molecular complexity index is 454. The first-order chi connectivity index (χ1) is 10.1. The second kappa shape index (κ2) is 5.55. The minimum Gasteiger partial charge on any atom is -0.479 e. The zero-order valence-corrected chi connectivity index (χ0v) is 7.90. The normalized spacial score (nSPS) is 48.7. The fourth-order valence-corrected chi connectivity index (χ4v) is 1.24. The van der Waals surface area contributed by atoms with Crippen molar-refractivity contribution in [1.29, 1.82) is 0 Å². The molecule has 0 aromatic heterocycles. The van der Waals surface area contributed by atoms with Crippen molar-refractivity contribution >= 4 is 5.97 Å². The first-order valence-corrected chi connectivity index (χ1v) is 4.24. The molecule has 16 heavy (non-hydrogen) atoms. The number of hydrogen-bond donors (Lipinski definition) is 4. The van der Waals surface area contributed by atoms with E-state index in [1.54, 1.807) is 0 Å². The molecule has 0 spiro atoms. The first kappa shape index (κ1) is 6.27. The van der Waals surface area contributed by atoms with E-state index in [2.05, 4.69) is 9.47 Å². The molecule has 94 valence electrons.